The van der Waals surface area contributed by atoms with Gasteiger partial charge in [0.15, 0.2) is 0 Å². The van der Waals surface area contributed by atoms with Gasteiger partial charge in [-0.3, -0.25) is 4.90 Å². The average molecular weight is 827 g/mol. The number of benzene rings is 3. The van der Waals surface area contributed by atoms with Crippen molar-refractivity contribution in [3.05, 3.63) is 103 Å². The number of aliphatic hydroxyl groups excluding tert-OH is 3. The van der Waals surface area contributed by atoms with Gasteiger partial charge in [0.05, 0.1) is 44.7 Å². The SMILES string of the molecule is C=CCCOC(=O)N(CCOCCO)[C@H]1CC(=NOCC)C2=C[C@H](CCCCO)[C@@H](CCCCO)[C@@H]3c4cc(Oc5ccc6ccccc6c5)ccc4O[C@@]1(OCC=C)[C@H]23. The number of ether oxygens (including phenoxy) is 5. The van der Waals surface area contributed by atoms with Crippen LogP contribution in [0.1, 0.15) is 69.8 Å². The van der Waals surface area contributed by atoms with Crippen LogP contribution in [0.15, 0.2) is 103 Å². The summed E-state index contributed by atoms with van der Waals surface area (Å²) in [7, 11) is 0. The normalized spacial score (nSPS) is 23.5. The van der Waals surface area contributed by atoms with Gasteiger partial charge in [0.2, 0.25) is 5.79 Å². The number of fused-ring (bicyclic) bond motifs is 3. The van der Waals surface area contributed by atoms with E-state index in [2.05, 4.69) is 37.4 Å². The van der Waals surface area contributed by atoms with Crippen molar-refractivity contribution in [2.45, 2.75) is 76.0 Å². The third kappa shape index (κ3) is 10.2. The number of rotatable bonds is 24. The van der Waals surface area contributed by atoms with Crippen molar-refractivity contribution in [2.24, 2.45) is 22.9 Å². The standard InChI is InChI=1S/C48H62N2O10/c1-4-7-27-56-47(54)50(22-28-55-29-25-53)44-33-42(49-58-6-3)40-31-36(16-10-12-23-51)39(17-11-13-24-52)45-41-32-38(59-37-19-18-34-14-8-9-15-35(34)30-37)20-21-43(41)60-48(44,46(40)45)57-26-5-2/h4-5,8-9,14-15,18-21,30-32,36,39,44-46,51-53H,1-2,6-7,10-13,16-17,22-29,33H2,3H3/t36-,39+,44-,45+,46+,48+/m0/s1. The summed E-state index contributed by atoms with van der Waals surface area (Å²) in [6.45, 7) is 10.7. The van der Waals surface area contributed by atoms with Crippen LogP contribution in [0.25, 0.3) is 10.8 Å². The predicted molar refractivity (Wildman–Crippen MR) is 231 cm³/mol. The number of allylic oxidation sites excluding steroid dienone is 1. The molecule has 6 rings (SSSR count). The Hall–Kier alpha value is -4.72. The Balaban J connectivity index is 1.55. The second-order valence-corrected chi connectivity index (χ2v) is 15.5. The van der Waals surface area contributed by atoms with Crippen molar-refractivity contribution < 1.29 is 48.6 Å². The summed E-state index contributed by atoms with van der Waals surface area (Å²) in [5.41, 5.74) is 2.57. The van der Waals surface area contributed by atoms with E-state index in [4.69, 9.17) is 33.7 Å². The number of unbranched alkanes of at least 4 members (excludes halogenated alkanes) is 2. The molecule has 1 aliphatic heterocycles. The van der Waals surface area contributed by atoms with Crippen LogP contribution in [0.2, 0.25) is 0 Å². The summed E-state index contributed by atoms with van der Waals surface area (Å²) in [5.74, 6) is -0.0823. The third-order valence-corrected chi connectivity index (χ3v) is 11.8. The molecule has 3 aromatic carbocycles. The van der Waals surface area contributed by atoms with Crippen LogP contribution in [0, 0.1) is 17.8 Å². The first-order valence-corrected chi connectivity index (χ1v) is 21.5. The van der Waals surface area contributed by atoms with E-state index in [1.165, 1.54) is 0 Å². The fourth-order valence-electron chi connectivity index (χ4n) is 9.24. The third-order valence-electron chi connectivity index (χ3n) is 11.8. The fraction of sp³-hybridized carbons (Fsp3) is 0.500. The van der Waals surface area contributed by atoms with Crippen molar-refractivity contribution in [1.29, 1.82) is 0 Å². The summed E-state index contributed by atoms with van der Waals surface area (Å²) < 4.78 is 32.5. The molecule has 60 heavy (non-hydrogen) atoms. The van der Waals surface area contributed by atoms with Crippen molar-refractivity contribution in [2.75, 3.05) is 59.4 Å². The smallest absolute Gasteiger partial charge is 0.410 e. The van der Waals surface area contributed by atoms with Gasteiger partial charge in [-0.1, -0.05) is 66.6 Å². The van der Waals surface area contributed by atoms with Crippen molar-refractivity contribution >= 4 is 22.6 Å². The Bertz CT molecular complexity index is 1950. The van der Waals surface area contributed by atoms with E-state index in [1.54, 1.807) is 17.1 Å². The average Bonchev–Trinajstić information content (AvgIpc) is 3.26. The zero-order valence-corrected chi connectivity index (χ0v) is 34.9. The first-order valence-electron chi connectivity index (χ1n) is 21.5. The number of amides is 1. The zero-order chi connectivity index (χ0) is 42.3. The van der Waals surface area contributed by atoms with Crippen LogP contribution in [0.4, 0.5) is 4.79 Å². The molecule has 0 aromatic heterocycles. The van der Waals surface area contributed by atoms with E-state index in [-0.39, 0.29) is 77.0 Å². The molecule has 0 saturated heterocycles. The Morgan fingerprint density at radius 3 is 2.43 bits per heavy atom. The van der Waals surface area contributed by atoms with Gasteiger partial charge in [0.25, 0.3) is 0 Å². The quantitative estimate of drug-likeness (QED) is 0.0458. The van der Waals surface area contributed by atoms with E-state index in [9.17, 15) is 20.1 Å². The maximum Gasteiger partial charge on any atom is 0.410 e. The highest BCUT2D eigenvalue weighted by Gasteiger charge is 2.65. The van der Waals surface area contributed by atoms with Gasteiger partial charge in [-0.05, 0) is 97.5 Å². The van der Waals surface area contributed by atoms with Crippen LogP contribution in [-0.4, -0.2) is 103 Å². The van der Waals surface area contributed by atoms with Gasteiger partial charge < -0.3 is 43.8 Å². The largest absolute Gasteiger partial charge is 0.459 e. The minimum absolute atomic E-state index is 0.0437. The lowest BCUT2D eigenvalue weighted by Gasteiger charge is -2.59. The number of aliphatic hydroxyl groups is 3. The Kier molecular flexibility index (Phi) is 16.6. The van der Waals surface area contributed by atoms with E-state index >= 15 is 0 Å². The Morgan fingerprint density at radius 2 is 1.68 bits per heavy atom. The van der Waals surface area contributed by atoms with Gasteiger partial charge in [0, 0.05) is 37.7 Å². The number of hydrogen-bond acceptors (Lipinski definition) is 11. The number of carbonyl (C=O) groups excluding carboxylic acids is 1. The van der Waals surface area contributed by atoms with E-state index in [1.807, 2.05) is 49.4 Å². The number of nitrogens with zero attached hydrogens (tertiary/aromatic N) is 2. The first kappa shape index (κ1) is 44.8. The van der Waals surface area contributed by atoms with Crippen LogP contribution >= 0.6 is 0 Å². The minimum atomic E-state index is -1.45. The lowest BCUT2D eigenvalue weighted by atomic mass is 9.55. The predicted octanol–water partition coefficient (Wildman–Crippen LogP) is 8.31. The Labute approximate surface area is 354 Å². The van der Waals surface area contributed by atoms with Crippen LogP contribution in [-0.2, 0) is 19.0 Å². The molecule has 3 aromatic rings. The molecule has 12 nitrogen and oxygen atoms in total. The summed E-state index contributed by atoms with van der Waals surface area (Å²) in [6, 6.07) is 19.3. The number of oxime groups is 1. The van der Waals surface area contributed by atoms with Gasteiger partial charge in [-0.2, -0.15) is 0 Å². The molecule has 12 heteroatoms. The van der Waals surface area contributed by atoms with Gasteiger partial charge in [0.1, 0.15) is 29.9 Å². The molecule has 0 radical (unpaired) electrons. The summed E-state index contributed by atoms with van der Waals surface area (Å²) in [6.07, 6.45) is 10.4. The van der Waals surface area contributed by atoms with Gasteiger partial charge in [-0.25, -0.2) is 4.79 Å². The second-order valence-electron chi connectivity index (χ2n) is 15.5. The monoisotopic (exact) mass is 826 g/mol. The zero-order valence-electron chi connectivity index (χ0n) is 34.9. The lowest BCUT2D eigenvalue weighted by Crippen LogP contribution is -2.70. The molecular weight excluding hydrogens is 765 g/mol. The van der Waals surface area contributed by atoms with Crippen LogP contribution < -0.4 is 9.47 Å². The molecule has 1 heterocycles. The molecule has 2 aliphatic carbocycles. The summed E-state index contributed by atoms with van der Waals surface area (Å²) in [5, 5.41) is 36.3. The molecule has 324 valence electrons. The van der Waals surface area contributed by atoms with Gasteiger partial charge in [-0.15, -0.1) is 13.2 Å². The maximum absolute atomic E-state index is 14.3. The van der Waals surface area contributed by atoms with E-state index in [0.29, 0.717) is 48.8 Å². The molecule has 0 bridgehead atoms. The highest BCUT2D eigenvalue weighted by molar-refractivity contribution is 6.03. The van der Waals surface area contributed by atoms with Crippen molar-refractivity contribution in [1.82, 2.24) is 4.90 Å². The molecular formula is C48H62N2O10. The molecule has 3 N–H and O–H groups in total. The number of carbonyl (C=O) groups is 1. The second kappa shape index (κ2) is 22.2. The number of hydrogen-bond donors (Lipinski definition) is 3. The molecule has 1 fully saturated rings. The molecule has 1 saturated carbocycles. The van der Waals surface area contributed by atoms with Crippen LogP contribution in [0.5, 0.6) is 17.2 Å². The summed E-state index contributed by atoms with van der Waals surface area (Å²) >= 11 is 0. The van der Waals surface area contributed by atoms with Crippen molar-refractivity contribution in [3.8, 4) is 17.2 Å². The molecule has 1 amide bonds. The van der Waals surface area contributed by atoms with Crippen LogP contribution in [0.3, 0.4) is 0 Å². The fourth-order valence-corrected chi connectivity index (χ4v) is 9.24. The van der Waals surface area contributed by atoms with Gasteiger partial charge >= 0.3 is 6.09 Å². The molecule has 0 unspecified atom stereocenters. The minimum Gasteiger partial charge on any atom is -0.459 e. The molecule has 0 spiro atoms. The highest BCUT2D eigenvalue weighted by atomic mass is 16.7. The maximum atomic E-state index is 14.3. The topological polar surface area (TPSA) is 149 Å². The lowest BCUT2D eigenvalue weighted by molar-refractivity contribution is -0.256. The Morgan fingerprint density at radius 1 is 0.917 bits per heavy atom. The molecule has 3 aliphatic rings. The highest BCUT2D eigenvalue weighted by Crippen LogP contribution is 2.62. The molecule has 6 atom stereocenters. The van der Waals surface area contributed by atoms with E-state index < -0.39 is 23.8 Å². The first-order chi connectivity index (χ1) is 29.4. The van der Waals surface area contributed by atoms with E-state index in [0.717, 1.165) is 47.6 Å². The summed E-state index contributed by atoms with van der Waals surface area (Å²) in [4.78, 5) is 21.8. The van der Waals surface area contributed by atoms with Crippen molar-refractivity contribution in [3.63, 3.8) is 0 Å².